The molecule has 2 N–H and O–H groups in total. The number of nitrogens with one attached hydrogen (secondary N) is 2. The van der Waals surface area contributed by atoms with E-state index in [9.17, 15) is 19.2 Å². The van der Waals surface area contributed by atoms with Crippen LogP contribution in [0.5, 0.6) is 0 Å². The molecule has 0 aliphatic carbocycles. The number of aromatic nitrogens is 2. The third-order valence-corrected chi connectivity index (χ3v) is 6.01. The number of benzene rings is 1. The van der Waals surface area contributed by atoms with Gasteiger partial charge in [0.25, 0.3) is 0 Å². The van der Waals surface area contributed by atoms with Crippen molar-refractivity contribution in [2.75, 3.05) is 26.2 Å². The molecule has 0 bridgehead atoms. The number of amides is 3. The molecule has 1 aromatic heterocycles. The highest BCUT2D eigenvalue weighted by Gasteiger charge is 2.31. The minimum Gasteiger partial charge on any atom is -0.340 e. The van der Waals surface area contributed by atoms with Crippen LogP contribution in [0.15, 0.2) is 23.0 Å². The Hall–Kier alpha value is -2.94. The van der Waals surface area contributed by atoms with E-state index in [4.69, 9.17) is 0 Å². The van der Waals surface area contributed by atoms with E-state index in [-0.39, 0.29) is 23.9 Å². The van der Waals surface area contributed by atoms with Crippen LogP contribution in [-0.2, 0) is 27.9 Å². The monoisotopic (exact) mass is 413 g/mol. The predicted octanol–water partition coefficient (Wildman–Crippen LogP) is 0.0722. The number of para-hydroxylation sites is 1. The van der Waals surface area contributed by atoms with Crippen molar-refractivity contribution in [1.82, 2.24) is 24.7 Å². The molecule has 1 atom stereocenters. The van der Waals surface area contributed by atoms with Crippen LogP contribution in [0, 0.1) is 0 Å². The molecule has 30 heavy (non-hydrogen) atoms. The van der Waals surface area contributed by atoms with Gasteiger partial charge >= 0.3 is 5.69 Å². The normalized spacial score (nSPS) is 19.9. The number of rotatable bonds is 5. The van der Waals surface area contributed by atoms with Gasteiger partial charge in [0, 0.05) is 46.1 Å². The molecule has 2 saturated heterocycles. The van der Waals surface area contributed by atoms with Gasteiger partial charge in [-0.3, -0.25) is 28.8 Å². The lowest BCUT2D eigenvalue weighted by Crippen LogP contribution is -2.46. The molecule has 1 aromatic carbocycles. The Bertz CT molecular complexity index is 1050. The SMILES string of the molecule is Cn1c(=O)n(C2CCC(=O)NC2=O)c2cccc(CCCC(=O)N3CCNCC3)c21. The first-order valence-electron chi connectivity index (χ1n) is 10.5. The highest BCUT2D eigenvalue weighted by atomic mass is 16.2. The topological polar surface area (TPSA) is 105 Å². The highest BCUT2D eigenvalue weighted by Crippen LogP contribution is 2.25. The number of hydrogen-bond donors (Lipinski definition) is 2. The van der Waals surface area contributed by atoms with Gasteiger partial charge < -0.3 is 10.2 Å². The lowest BCUT2D eigenvalue weighted by atomic mass is 10.0. The average Bonchev–Trinajstić information content (AvgIpc) is 3.00. The molecule has 4 rings (SSSR count). The average molecular weight is 413 g/mol. The molecule has 2 aliphatic rings. The van der Waals surface area contributed by atoms with Gasteiger partial charge in [-0.1, -0.05) is 12.1 Å². The van der Waals surface area contributed by atoms with E-state index < -0.39 is 11.9 Å². The Morgan fingerprint density at radius 3 is 2.67 bits per heavy atom. The Morgan fingerprint density at radius 1 is 1.17 bits per heavy atom. The number of imidazole rings is 1. The van der Waals surface area contributed by atoms with Crippen LogP contribution in [-0.4, -0.2) is 57.9 Å². The van der Waals surface area contributed by atoms with Gasteiger partial charge in [0.05, 0.1) is 11.0 Å². The first-order valence-corrected chi connectivity index (χ1v) is 10.5. The number of piperazine rings is 1. The molecule has 3 amide bonds. The summed E-state index contributed by atoms with van der Waals surface area (Å²) in [4.78, 5) is 51.1. The molecule has 0 radical (unpaired) electrons. The number of carbonyl (C=O) groups is 3. The molecular formula is C21H27N5O4. The zero-order valence-electron chi connectivity index (χ0n) is 17.1. The van der Waals surface area contributed by atoms with Crippen molar-refractivity contribution in [3.63, 3.8) is 0 Å². The summed E-state index contributed by atoms with van der Waals surface area (Å²) in [6.45, 7) is 3.16. The molecule has 0 spiro atoms. The van der Waals surface area contributed by atoms with Crippen molar-refractivity contribution in [1.29, 1.82) is 0 Å². The van der Waals surface area contributed by atoms with Gasteiger partial charge in [0.1, 0.15) is 6.04 Å². The van der Waals surface area contributed by atoms with Crippen LogP contribution in [0.3, 0.4) is 0 Å². The zero-order valence-corrected chi connectivity index (χ0v) is 17.1. The van der Waals surface area contributed by atoms with Crippen molar-refractivity contribution in [2.45, 2.75) is 38.1 Å². The molecule has 9 heteroatoms. The quantitative estimate of drug-likeness (QED) is 0.675. The number of aryl methyl sites for hydroxylation is 2. The van der Waals surface area contributed by atoms with Crippen LogP contribution in [0.2, 0.25) is 0 Å². The minimum absolute atomic E-state index is 0.165. The van der Waals surface area contributed by atoms with E-state index in [2.05, 4.69) is 10.6 Å². The maximum absolute atomic E-state index is 12.9. The number of fused-ring (bicyclic) bond motifs is 1. The second-order valence-electron chi connectivity index (χ2n) is 7.95. The van der Waals surface area contributed by atoms with Crippen LogP contribution >= 0.6 is 0 Å². The Kier molecular flexibility index (Phi) is 5.72. The fraction of sp³-hybridized carbons (Fsp3) is 0.524. The third-order valence-electron chi connectivity index (χ3n) is 6.01. The first-order chi connectivity index (χ1) is 14.5. The molecule has 2 fully saturated rings. The van der Waals surface area contributed by atoms with Gasteiger partial charge in [0.2, 0.25) is 17.7 Å². The molecule has 160 valence electrons. The number of hydrogen-bond acceptors (Lipinski definition) is 5. The smallest absolute Gasteiger partial charge is 0.329 e. The second-order valence-corrected chi connectivity index (χ2v) is 7.95. The molecule has 0 saturated carbocycles. The van der Waals surface area contributed by atoms with Gasteiger partial charge in [-0.2, -0.15) is 0 Å². The summed E-state index contributed by atoms with van der Waals surface area (Å²) in [6, 6.07) is 4.97. The largest absolute Gasteiger partial charge is 0.340 e. The van der Waals surface area contributed by atoms with Gasteiger partial charge in [0.15, 0.2) is 0 Å². The van der Waals surface area contributed by atoms with E-state index in [1.54, 1.807) is 11.6 Å². The summed E-state index contributed by atoms with van der Waals surface area (Å²) < 4.78 is 3.05. The molecule has 2 aliphatic heterocycles. The maximum atomic E-state index is 12.9. The summed E-state index contributed by atoms with van der Waals surface area (Å²) in [5.41, 5.74) is 2.17. The van der Waals surface area contributed by atoms with Crippen molar-refractivity contribution in [3.05, 3.63) is 34.2 Å². The first kappa shape index (κ1) is 20.3. The summed E-state index contributed by atoms with van der Waals surface area (Å²) in [7, 11) is 1.70. The summed E-state index contributed by atoms with van der Waals surface area (Å²) in [5, 5.41) is 5.57. The second kappa shape index (κ2) is 8.43. The van der Waals surface area contributed by atoms with Crippen molar-refractivity contribution in [3.8, 4) is 0 Å². The molecule has 9 nitrogen and oxygen atoms in total. The fourth-order valence-corrected chi connectivity index (χ4v) is 4.45. The third kappa shape index (κ3) is 3.77. The number of piperidine rings is 1. The van der Waals surface area contributed by atoms with Gasteiger partial charge in [-0.05, 0) is 30.9 Å². The molecule has 3 heterocycles. The van der Waals surface area contributed by atoms with E-state index in [0.29, 0.717) is 31.2 Å². The Morgan fingerprint density at radius 2 is 1.93 bits per heavy atom. The van der Waals surface area contributed by atoms with E-state index in [1.165, 1.54) is 4.57 Å². The van der Waals surface area contributed by atoms with Crippen molar-refractivity contribution >= 4 is 28.8 Å². The standard InChI is InChI=1S/C21H27N5O4/c1-24-19-14(5-3-7-18(28)25-12-10-22-11-13-25)4-2-6-15(19)26(21(24)30)16-8-9-17(27)23-20(16)29/h2,4,6,16,22H,3,5,7-13H2,1H3,(H,23,27,29). The Balaban J connectivity index is 1.55. The lowest BCUT2D eigenvalue weighted by molar-refractivity contribution is -0.136. The van der Waals surface area contributed by atoms with Crippen LogP contribution in [0.25, 0.3) is 11.0 Å². The number of nitrogens with zero attached hydrogens (tertiary/aromatic N) is 3. The summed E-state index contributed by atoms with van der Waals surface area (Å²) in [5.74, 6) is -0.578. The van der Waals surface area contributed by atoms with Crippen molar-refractivity contribution < 1.29 is 14.4 Å². The van der Waals surface area contributed by atoms with E-state index in [0.717, 1.165) is 37.3 Å². The molecule has 2 aromatic rings. The minimum atomic E-state index is -0.691. The van der Waals surface area contributed by atoms with Crippen molar-refractivity contribution in [2.24, 2.45) is 7.05 Å². The van der Waals surface area contributed by atoms with Gasteiger partial charge in [-0.15, -0.1) is 0 Å². The van der Waals surface area contributed by atoms with Gasteiger partial charge in [-0.25, -0.2) is 4.79 Å². The van der Waals surface area contributed by atoms with Crippen LogP contribution in [0.4, 0.5) is 0 Å². The fourth-order valence-electron chi connectivity index (χ4n) is 4.45. The van der Waals surface area contributed by atoms with E-state index >= 15 is 0 Å². The maximum Gasteiger partial charge on any atom is 0.329 e. The van der Waals surface area contributed by atoms with Crippen LogP contribution < -0.4 is 16.3 Å². The molecule has 1 unspecified atom stereocenters. The predicted molar refractivity (Wildman–Crippen MR) is 111 cm³/mol. The number of imide groups is 1. The van der Waals surface area contributed by atoms with E-state index in [1.807, 2.05) is 23.1 Å². The zero-order chi connectivity index (χ0) is 21.3. The molecular weight excluding hydrogens is 386 g/mol. The highest BCUT2D eigenvalue weighted by molar-refractivity contribution is 6.00. The van der Waals surface area contributed by atoms with Crippen LogP contribution in [0.1, 0.15) is 37.3 Å². The lowest BCUT2D eigenvalue weighted by Gasteiger charge is -2.27. The Labute approximate surface area is 174 Å². The summed E-state index contributed by atoms with van der Waals surface area (Å²) in [6.07, 6.45) is 2.36. The summed E-state index contributed by atoms with van der Waals surface area (Å²) >= 11 is 0. The number of carbonyl (C=O) groups excluding carboxylic acids is 3.